The zero-order valence-corrected chi connectivity index (χ0v) is 18.5. The topological polar surface area (TPSA) is 96.5 Å². The number of aromatic nitrogens is 2. The molecule has 1 fully saturated rings. The van der Waals surface area contributed by atoms with Gasteiger partial charge in [0.1, 0.15) is 11.6 Å². The Morgan fingerprint density at radius 1 is 1.26 bits per heavy atom. The lowest BCUT2D eigenvalue weighted by Crippen LogP contribution is -2.56. The molecule has 0 bridgehead atoms. The molecule has 2 aromatic rings. The van der Waals surface area contributed by atoms with E-state index in [-0.39, 0.29) is 18.2 Å². The fourth-order valence-electron chi connectivity index (χ4n) is 3.80. The molecule has 0 radical (unpaired) electrons. The minimum atomic E-state index is -0.513. The van der Waals surface area contributed by atoms with Crippen molar-refractivity contribution in [1.82, 2.24) is 25.5 Å². The summed E-state index contributed by atoms with van der Waals surface area (Å²) in [6.07, 6.45) is 0.660. The second-order valence-corrected chi connectivity index (χ2v) is 7.69. The molecule has 1 aliphatic heterocycles. The number of piperazine rings is 1. The van der Waals surface area contributed by atoms with Gasteiger partial charge in [0.15, 0.2) is 0 Å². The fourth-order valence-corrected chi connectivity index (χ4v) is 3.80. The fraction of sp³-hybridized carbons (Fsp3) is 0.478. The number of amides is 2. The summed E-state index contributed by atoms with van der Waals surface area (Å²) in [7, 11) is 0. The zero-order valence-electron chi connectivity index (χ0n) is 18.5. The van der Waals surface area contributed by atoms with Gasteiger partial charge < -0.3 is 15.4 Å². The molecular weight excluding hydrogens is 394 g/mol. The summed E-state index contributed by atoms with van der Waals surface area (Å²) in [6.45, 7) is 8.61. The van der Waals surface area contributed by atoms with E-state index in [2.05, 4.69) is 20.6 Å². The standard InChI is InChI=1S/C23H31N5O3/c1-4-31-20-8-6-5-7-18(20)15-28-12-11-25-23(30)19(28)14-22(29)24-10-9-21-26-16(2)13-17(3)27-21/h5-8,13,19H,4,9-12,14-15H2,1-3H3,(H,24,29)(H,25,30). The van der Waals surface area contributed by atoms with Crippen molar-refractivity contribution < 1.29 is 14.3 Å². The number of nitrogens with one attached hydrogen (secondary N) is 2. The van der Waals surface area contributed by atoms with Crippen LogP contribution in [0.5, 0.6) is 5.75 Å². The average molecular weight is 426 g/mol. The minimum Gasteiger partial charge on any atom is -0.494 e. The van der Waals surface area contributed by atoms with Gasteiger partial charge in [0, 0.05) is 49.6 Å². The van der Waals surface area contributed by atoms with Gasteiger partial charge in [0.05, 0.1) is 19.1 Å². The van der Waals surface area contributed by atoms with Crippen LogP contribution in [0.2, 0.25) is 0 Å². The third-order valence-electron chi connectivity index (χ3n) is 5.17. The lowest BCUT2D eigenvalue weighted by molar-refractivity contribution is -0.134. The highest BCUT2D eigenvalue weighted by Gasteiger charge is 2.32. The number of hydrogen-bond acceptors (Lipinski definition) is 6. The van der Waals surface area contributed by atoms with Crippen LogP contribution in [0, 0.1) is 13.8 Å². The maximum atomic E-state index is 12.6. The number of ether oxygens (including phenoxy) is 1. The number of aryl methyl sites for hydroxylation is 2. The summed E-state index contributed by atoms with van der Waals surface area (Å²) < 4.78 is 5.72. The third kappa shape index (κ3) is 6.49. The van der Waals surface area contributed by atoms with Gasteiger partial charge in [0.25, 0.3) is 0 Å². The number of rotatable bonds is 9. The molecule has 31 heavy (non-hydrogen) atoms. The van der Waals surface area contributed by atoms with Crippen LogP contribution in [0.3, 0.4) is 0 Å². The highest BCUT2D eigenvalue weighted by atomic mass is 16.5. The van der Waals surface area contributed by atoms with Crippen molar-refractivity contribution in [2.75, 3.05) is 26.2 Å². The van der Waals surface area contributed by atoms with Crippen molar-refractivity contribution in [3.05, 3.63) is 53.1 Å². The van der Waals surface area contributed by atoms with E-state index in [9.17, 15) is 9.59 Å². The van der Waals surface area contributed by atoms with Crippen molar-refractivity contribution in [2.45, 2.75) is 46.2 Å². The number of benzene rings is 1. The SMILES string of the molecule is CCOc1ccccc1CN1CCNC(=O)C1CC(=O)NCCc1nc(C)cc(C)n1. The van der Waals surface area contributed by atoms with Crippen LogP contribution in [-0.2, 0) is 22.6 Å². The summed E-state index contributed by atoms with van der Waals surface area (Å²) in [6, 6.07) is 9.22. The summed E-state index contributed by atoms with van der Waals surface area (Å²) in [4.78, 5) is 35.9. The van der Waals surface area contributed by atoms with Gasteiger partial charge in [0.2, 0.25) is 11.8 Å². The molecule has 0 aliphatic carbocycles. The number of nitrogens with zero attached hydrogens (tertiary/aromatic N) is 3. The first kappa shape index (κ1) is 22.7. The summed E-state index contributed by atoms with van der Waals surface area (Å²) in [5, 5.41) is 5.78. The molecule has 2 amide bonds. The van der Waals surface area contributed by atoms with Crippen LogP contribution in [0.4, 0.5) is 0 Å². The molecule has 1 aromatic heterocycles. The normalized spacial score (nSPS) is 16.6. The van der Waals surface area contributed by atoms with Gasteiger partial charge >= 0.3 is 0 Å². The highest BCUT2D eigenvalue weighted by Crippen LogP contribution is 2.22. The smallest absolute Gasteiger partial charge is 0.237 e. The monoisotopic (exact) mass is 425 g/mol. The van der Waals surface area contributed by atoms with Gasteiger partial charge in [-0.25, -0.2) is 9.97 Å². The summed E-state index contributed by atoms with van der Waals surface area (Å²) in [5.74, 6) is 1.25. The van der Waals surface area contributed by atoms with Gasteiger partial charge in [-0.15, -0.1) is 0 Å². The van der Waals surface area contributed by atoms with E-state index in [1.54, 1.807) is 0 Å². The highest BCUT2D eigenvalue weighted by molar-refractivity contribution is 5.88. The van der Waals surface area contributed by atoms with E-state index in [0.717, 1.165) is 22.7 Å². The predicted molar refractivity (Wildman–Crippen MR) is 118 cm³/mol. The van der Waals surface area contributed by atoms with Crippen LogP contribution in [0.15, 0.2) is 30.3 Å². The maximum Gasteiger partial charge on any atom is 0.237 e. The van der Waals surface area contributed by atoms with Crippen LogP contribution in [0.1, 0.15) is 36.1 Å². The molecule has 8 nitrogen and oxygen atoms in total. The first-order valence-electron chi connectivity index (χ1n) is 10.8. The Labute approximate surface area is 183 Å². The van der Waals surface area contributed by atoms with E-state index in [1.807, 2.05) is 56.0 Å². The Balaban J connectivity index is 1.58. The zero-order chi connectivity index (χ0) is 22.2. The molecule has 1 unspecified atom stereocenters. The van der Waals surface area contributed by atoms with Gasteiger partial charge in [-0.3, -0.25) is 14.5 Å². The molecule has 1 aromatic carbocycles. The molecule has 1 aliphatic rings. The van der Waals surface area contributed by atoms with Crippen LogP contribution >= 0.6 is 0 Å². The van der Waals surface area contributed by atoms with E-state index in [1.165, 1.54) is 0 Å². The molecule has 8 heteroatoms. The summed E-state index contributed by atoms with van der Waals surface area (Å²) in [5.41, 5.74) is 2.84. The number of carbonyl (C=O) groups is 2. The number of carbonyl (C=O) groups excluding carboxylic acids is 2. The molecule has 2 heterocycles. The quantitative estimate of drug-likeness (QED) is 0.633. The van der Waals surface area contributed by atoms with Crippen molar-refractivity contribution in [2.24, 2.45) is 0 Å². The van der Waals surface area contributed by atoms with E-state index < -0.39 is 6.04 Å². The molecule has 2 N–H and O–H groups in total. The molecular formula is C23H31N5O3. The van der Waals surface area contributed by atoms with E-state index >= 15 is 0 Å². The van der Waals surface area contributed by atoms with Crippen molar-refractivity contribution >= 4 is 11.8 Å². The molecule has 0 saturated carbocycles. The Morgan fingerprint density at radius 3 is 2.74 bits per heavy atom. The summed E-state index contributed by atoms with van der Waals surface area (Å²) >= 11 is 0. The Morgan fingerprint density at radius 2 is 2.00 bits per heavy atom. The van der Waals surface area contributed by atoms with Crippen molar-refractivity contribution in [1.29, 1.82) is 0 Å². The van der Waals surface area contributed by atoms with Crippen LogP contribution in [0.25, 0.3) is 0 Å². The van der Waals surface area contributed by atoms with E-state index in [4.69, 9.17) is 4.74 Å². The molecule has 3 rings (SSSR count). The molecule has 0 spiro atoms. The maximum absolute atomic E-state index is 12.6. The Kier molecular flexibility index (Phi) is 7.94. The second kappa shape index (κ2) is 10.9. The average Bonchev–Trinajstić information content (AvgIpc) is 2.71. The van der Waals surface area contributed by atoms with Gasteiger partial charge in [-0.05, 0) is 32.9 Å². The second-order valence-electron chi connectivity index (χ2n) is 7.69. The minimum absolute atomic E-state index is 0.107. The first-order valence-corrected chi connectivity index (χ1v) is 10.8. The van der Waals surface area contributed by atoms with Crippen LogP contribution in [-0.4, -0.2) is 59.0 Å². The largest absolute Gasteiger partial charge is 0.494 e. The van der Waals surface area contributed by atoms with Gasteiger partial charge in [-0.2, -0.15) is 0 Å². The predicted octanol–water partition coefficient (Wildman–Crippen LogP) is 1.54. The van der Waals surface area contributed by atoms with Crippen LogP contribution < -0.4 is 15.4 Å². The van der Waals surface area contributed by atoms with Crippen molar-refractivity contribution in [3.63, 3.8) is 0 Å². The molecule has 166 valence electrons. The van der Waals surface area contributed by atoms with Gasteiger partial charge in [-0.1, -0.05) is 18.2 Å². The lowest BCUT2D eigenvalue weighted by atomic mass is 10.1. The van der Waals surface area contributed by atoms with E-state index in [0.29, 0.717) is 45.0 Å². The third-order valence-corrected chi connectivity index (χ3v) is 5.17. The van der Waals surface area contributed by atoms with Crippen molar-refractivity contribution in [3.8, 4) is 5.75 Å². The Bertz CT molecular complexity index is 898. The Hall–Kier alpha value is -3.00. The first-order chi connectivity index (χ1) is 15.0. The molecule has 1 atom stereocenters. The number of para-hydroxylation sites is 1. The number of hydrogen-bond donors (Lipinski definition) is 2. The molecule has 1 saturated heterocycles. The lowest BCUT2D eigenvalue weighted by Gasteiger charge is -2.35.